The first-order chi connectivity index (χ1) is 14.8. The molecule has 0 radical (unpaired) electrons. The molecule has 0 amide bonds. The first kappa shape index (κ1) is 17.7. The fraction of sp³-hybridized carbons (Fsp3) is 0.261. The first-order valence-corrected chi connectivity index (χ1v) is 11.0. The van der Waals surface area contributed by atoms with E-state index in [4.69, 9.17) is 24.0 Å². The van der Waals surface area contributed by atoms with Crippen molar-refractivity contribution >= 4 is 17.0 Å². The summed E-state index contributed by atoms with van der Waals surface area (Å²) in [5, 5.41) is 11.3. The molecule has 6 nitrogen and oxygen atoms in total. The van der Waals surface area contributed by atoms with Gasteiger partial charge in [0.15, 0.2) is 23.0 Å². The number of hydrazone groups is 1. The van der Waals surface area contributed by atoms with Crippen molar-refractivity contribution < 1.29 is 18.9 Å². The smallest absolute Gasteiger partial charge is 0.231 e. The molecule has 30 heavy (non-hydrogen) atoms. The number of hydrogen-bond donors (Lipinski definition) is 0. The van der Waals surface area contributed by atoms with E-state index >= 15 is 0 Å². The van der Waals surface area contributed by atoms with Crippen molar-refractivity contribution in [3.63, 3.8) is 0 Å². The van der Waals surface area contributed by atoms with Gasteiger partial charge in [-0.25, -0.2) is 5.01 Å². The molecule has 0 aliphatic carbocycles. The van der Waals surface area contributed by atoms with Crippen LogP contribution < -0.4 is 18.9 Å². The molecule has 0 fully saturated rings. The van der Waals surface area contributed by atoms with Crippen molar-refractivity contribution in [2.75, 3.05) is 13.4 Å². The molecule has 3 aliphatic heterocycles. The molecule has 1 aromatic heterocycles. The number of benzene rings is 2. The van der Waals surface area contributed by atoms with Crippen molar-refractivity contribution in [1.82, 2.24) is 5.01 Å². The standard InChI is InChI=1S/C23H20N2O4S/c1-2-26-20-5-3-4-16-18-11-17(14-6-7-19-21(10-14)28-13-27-19)24-25(18)23(29-22(16)20)15-8-9-30-12-15/h3-10,12,18,23H,2,11,13H2,1H3/t18-,23+/m0/s1. The van der Waals surface area contributed by atoms with Gasteiger partial charge < -0.3 is 18.9 Å². The monoisotopic (exact) mass is 420 g/mol. The van der Waals surface area contributed by atoms with Crippen molar-refractivity contribution in [2.24, 2.45) is 5.10 Å². The molecule has 152 valence electrons. The Morgan fingerprint density at radius 2 is 2.10 bits per heavy atom. The molecule has 0 unspecified atom stereocenters. The highest BCUT2D eigenvalue weighted by Crippen LogP contribution is 2.51. The summed E-state index contributed by atoms with van der Waals surface area (Å²) in [7, 11) is 0. The molecule has 2 atom stereocenters. The van der Waals surface area contributed by atoms with E-state index in [1.54, 1.807) is 11.3 Å². The fourth-order valence-electron chi connectivity index (χ4n) is 4.24. The summed E-state index contributed by atoms with van der Waals surface area (Å²) < 4.78 is 23.4. The van der Waals surface area contributed by atoms with Crippen LogP contribution in [0.25, 0.3) is 0 Å². The van der Waals surface area contributed by atoms with Gasteiger partial charge in [0.2, 0.25) is 13.0 Å². The number of para-hydroxylation sites is 1. The predicted octanol–water partition coefficient (Wildman–Crippen LogP) is 5.12. The third-order valence-electron chi connectivity index (χ3n) is 5.61. The molecule has 2 aromatic carbocycles. The maximum atomic E-state index is 6.49. The van der Waals surface area contributed by atoms with Crippen molar-refractivity contribution in [3.05, 3.63) is 69.9 Å². The van der Waals surface area contributed by atoms with E-state index < -0.39 is 0 Å². The molecular weight excluding hydrogens is 400 g/mol. The average molecular weight is 420 g/mol. The molecular formula is C23H20N2O4S. The van der Waals surface area contributed by atoms with E-state index in [1.807, 2.05) is 37.3 Å². The second-order valence-corrected chi connectivity index (χ2v) is 8.13. The normalized spacial score (nSPS) is 21.0. The Morgan fingerprint density at radius 1 is 1.17 bits per heavy atom. The number of hydrogen-bond acceptors (Lipinski definition) is 7. The van der Waals surface area contributed by atoms with E-state index in [9.17, 15) is 0 Å². The van der Waals surface area contributed by atoms with Crippen LogP contribution in [-0.4, -0.2) is 24.1 Å². The summed E-state index contributed by atoms with van der Waals surface area (Å²) >= 11 is 1.66. The zero-order valence-electron chi connectivity index (χ0n) is 16.4. The SMILES string of the molecule is CCOc1cccc2c1O[C@H](c1ccsc1)N1N=C(c3ccc4c(c3)OCO4)C[C@@H]21. The Hall–Kier alpha value is -3.19. The summed E-state index contributed by atoms with van der Waals surface area (Å²) in [5.41, 5.74) is 4.25. The number of fused-ring (bicyclic) bond motifs is 4. The number of ether oxygens (including phenoxy) is 4. The van der Waals surface area contributed by atoms with Crippen molar-refractivity contribution in [3.8, 4) is 23.0 Å². The molecule has 7 heteroatoms. The lowest BCUT2D eigenvalue weighted by molar-refractivity contribution is -0.0209. The number of nitrogens with zero attached hydrogens (tertiary/aromatic N) is 2. The average Bonchev–Trinajstić information content (AvgIpc) is 3.53. The van der Waals surface area contributed by atoms with Crippen LogP contribution in [0.3, 0.4) is 0 Å². The van der Waals surface area contributed by atoms with Gasteiger partial charge in [0, 0.05) is 23.1 Å². The van der Waals surface area contributed by atoms with Crippen molar-refractivity contribution in [1.29, 1.82) is 0 Å². The summed E-state index contributed by atoms with van der Waals surface area (Å²) in [4.78, 5) is 0. The Kier molecular flexibility index (Phi) is 4.09. The number of thiophene rings is 1. The maximum Gasteiger partial charge on any atom is 0.231 e. The third kappa shape index (κ3) is 2.73. The van der Waals surface area contributed by atoms with Gasteiger partial charge >= 0.3 is 0 Å². The van der Waals surface area contributed by atoms with Crippen LogP contribution in [0.2, 0.25) is 0 Å². The summed E-state index contributed by atoms with van der Waals surface area (Å²) in [5.74, 6) is 3.15. The maximum absolute atomic E-state index is 6.49. The minimum absolute atomic E-state index is 0.0829. The highest BCUT2D eigenvalue weighted by molar-refractivity contribution is 7.07. The molecule has 4 heterocycles. The Labute approximate surface area is 178 Å². The molecule has 0 saturated carbocycles. The highest BCUT2D eigenvalue weighted by atomic mass is 32.1. The van der Waals surface area contributed by atoms with Crippen LogP contribution >= 0.6 is 11.3 Å². The van der Waals surface area contributed by atoms with Crippen LogP contribution in [-0.2, 0) is 0 Å². The molecule has 0 spiro atoms. The number of rotatable bonds is 4. The minimum atomic E-state index is -0.290. The summed E-state index contributed by atoms with van der Waals surface area (Å²) in [6.45, 7) is 2.85. The van der Waals surface area contributed by atoms with Crippen LogP contribution in [0.4, 0.5) is 0 Å². The van der Waals surface area contributed by atoms with E-state index in [0.29, 0.717) is 6.61 Å². The van der Waals surface area contributed by atoms with Gasteiger partial charge in [-0.05, 0) is 48.0 Å². The van der Waals surface area contributed by atoms with E-state index in [-0.39, 0.29) is 19.1 Å². The largest absolute Gasteiger partial charge is 0.490 e. The molecule has 3 aromatic rings. The van der Waals surface area contributed by atoms with Gasteiger partial charge in [-0.15, -0.1) is 0 Å². The van der Waals surface area contributed by atoms with Crippen LogP contribution in [0.15, 0.2) is 58.3 Å². The van der Waals surface area contributed by atoms with Gasteiger partial charge in [0.25, 0.3) is 0 Å². The molecule has 0 saturated heterocycles. The van der Waals surface area contributed by atoms with Gasteiger partial charge in [0.1, 0.15) is 0 Å². The van der Waals surface area contributed by atoms with Gasteiger partial charge in [-0.1, -0.05) is 12.1 Å². The van der Waals surface area contributed by atoms with Crippen LogP contribution in [0.5, 0.6) is 23.0 Å². The van der Waals surface area contributed by atoms with Crippen molar-refractivity contribution in [2.45, 2.75) is 25.6 Å². The lowest BCUT2D eigenvalue weighted by atomic mass is 9.95. The second-order valence-electron chi connectivity index (χ2n) is 7.35. The zero-order chi connectivity index (χ0) is 20.1. The van der Waals surface area contributed by atoms with Crippen LogP contribution in [0.1, 0.15) is 42.3 Å². The fourth-order valence-corrected chi connectivity index (χ4v) is 4.91. The van der Waals surface area contributed by atoms with Gasteiger partial charge in [-0.3, -0.25) is 0 Å². The zero-order valence-corrected chi connectivity index (χ0v) is 17.2. The summed E-state index contributed by atoms with van der Waals surface area (Å²) in [6.07, 6.45) is 0.494. The van der Waals surface area contributed by atoms with E-state index in [1.165, 1.54) is 0 Å². The third-order valence-corrected chi connectivity index (χ3v) is 6.32. The Morgan fingerprint density at radius 3 is 2.97 bits per heavy atom. The Bertz CT molecular complexity index is 1130. The first-order valence-electron chi connectivity index (χ1n) is 10.0. The summed E-state index contributed by atoms with van der Waals surface area (Å²) in [6, 6.07) is 14.3. The van der Waals surface area contributed by atoms with Crippen LogP contribution in [0, 0.1) is 0 Å². The molecule has 6 rings (SSSR count). The topological polar surface area (TPSA) is 52.5 Å². The van der Waals surface area contributed by atoms with E-state index in [0.717, 1.165) is 51.8 Å². The highest BCUT2D eigenvalue weighted by Gasteiger charge is 2.42. The molecule has 0 bridgehead atoms. The van der Waals surface area contributed by atoms with E-state index in [2.05, 4.69) is 27.9 Å². The van der Waals surface area contributed by atoms with Gasteiger partial charge in [0.05, 0.1) is 18.4 Å². The molecule has 3 aliphatic rings. The lowest BCUT2D eigenvalue weighted by Crippen LogP contribution is -2.33. The second kappa shape index (κ2) is 6.95. The lowest BCUT2D eigenvalue weighted by Gasteiger charge is -2.38. The predicted molar refractivity (Wildman–Crippen MR) is 114 cm³/mol. The minimum Gasteiger partial charge on any atom is -0.490 e. The molecule has 0 N–H and O–H groups in total. The van der Waals surface area contributed by atoms with Gasteiger partial charge in [-0.2, -0.15) is 16.4 Å². The Balaban J connectivity index is 1.43. The quantitative estimate of drug-likeness (QED) is 0.587.